The maximum absolute atomic E-state index is 13.9. The Bertz CT molecular complexity index is 1370. The summed E-state index contributed by atoms with van der Waals surface area (Å²) >= 11 is 0. The van der Waals surface area contributed by atoms with Gasteiger partial charge in [0.15, 0.2) is 0 Å². The van der Waals surface area contributed by atoms with E-state index in [1.165, 1.54) is 11.8 Å². The van der Waals surface area contributed by atoms with Gasteiger partial charge in [-0.25, -0.2) is 0 Å². The quantitative estimate of drug-likeness (QED) is 0.151. The molecule has 5 atom stereocenters. The molecule has 1 heterocycles. The molecule has 6 amide bonds. The lowest BCUT2D eigenvalue weighted by Crippen LogP contribution is -2.59. The van der Waals surface area contributed by atoms with Crippen LogP contribution in [0.3, 0.4) is 0 Å². The number of carbonyl (C=O) groups is 6. The number of primary amides is 1. The van der Waals surface area contributed by atoms with E-state index >= 15 is 0 Å². The minimum Gasteiger partial charge on any atom is -0.368 e. The van der Waals surface area contributed by atoms with Crippen molar-refractivity contribution >= 4 is 35.4 Å². The fourth-order valence-corrected chi connectivity index (χ4v) is 5.39. The highest BCUT2D eigenvalue weighted by Crippen LogP contribution is 2.19. The molecule has 0 aliphatic carbocycles. The maximum Gasteiger partial charge on any atom is 0.245 e. The van der Waals surface area contributed by atoms with Gasteiger partial charge in [-0.05, 0) is 36.8 Å². The summed E-state index contributed by atoms with van der Waals surface area (Å²) in [6.07, 6.45) is 1.16. The Balaban J connectivity index is 1.84. The van der Waals surface area contributed by atoms with E-state index in [2.05, 4.69) is 21.3 Å². The number of benzene rings is 2. The molecule has 1 aliphatic heterocycles. The van der Waals surface area contributed by atoms with Crippen molar-refractivity contribution in [2.75, 3.05) is 13.1 Å². The SMILES string of the molecule is CC(NC(=O)CN)C(=O)N1CCCC1C(=O)NC(Cc1ccccc1)C(=O)NC(Cc1ccccc1)C(=O)NC(C(N)=O)C(C)C. The van der Waals surface area contributed by atoms with Gasteiger partial charge in [0.2, 0.25) is 35.4 Å². The van der Waals surface area contributed by atoms with Crippen LogP contribution in [0.2, 0.25) is 0 Å². The fraction of sp³-hybridized carbons (Fsp3) is 0.455. The monoisotopic (exact) mass is 635 g/mol. The van der Waals surface area contributed by atoms with Gasteiger partial charge in [-0.1, -0.05) is 74.5 Å². The summed E-state index contributed by atoms with van der Waals surface area (Å²) in [6.45, 7) is 5.05. The van der Waals surface area contributed by atoms with Gasteiger partial charge in [-0.3, -0.25) is 28.8 Å². The van der Waals surface area contributed by atoms with E-state index in [1.54, 1.807) is 13.8 Å². The third kappa shape index (κ3) is 10.1. The van der Waals surface area contributed by atoms with Gasteiger partial charge in [0.05, 0.1) is 6.54 Å². The van der Waals surface area contributed by atoms with Crippen molar-refractivity contribution in [2.45, 2.75) is 76.7 Å². The maximum atomic E-state index is 13.9. The molecule has 46 heavy (non-hydrogen) atoms. The lowest BCUT2D eigenvalue weighted by Gasteiger charge is -2.29. The van der Waals surface area contributed by atoms with Crippen LogP contribution in [0.1, 0.15) is 44.7 Å². The first-order valence-electron chi connectivity index (χ1n) is 15.5. The highest BCUT2D eigenvalue weighted by molar-refractivity contribution is 5.96. The number of nitrogens with zero attached hydrogens (tertiary/aromatic N) is 1. The van der Waals surface area contributed by atoms with E-state index in [0.717, 1.165) is 11.1 Å². The van der Waals surface area contributed by atoms with Gasteiger partial charge in [0.1, 0.15) is 30.2 Å². The van der Waals surface area contributed by atoms with Crippen LogP contribution in [-0.4, -0.2) is 83.6 Å². The van der Waals surface area contributed by atoms with Gasteiger partial charge in [-0.2, -0.15) is 0 Å². The molecule has 0 radical (unpaired) electrons. The first kappa shape index (κ1) is 35.7. The first-order valence-corrected chi connectivity index (χ1v) is 15.5. The average Bonchev–Trinajstić information content (AvgIpc) is 3.53. The lowest BCUT2D eigenvalue weighted by molar-refractivity contribution is -0.141. The Morgan fingerprint density at radius 2 is 1.30 bits per heavy atom. The molecule has 3 rings (SSSR count). The zero-order valence-corrected chi connectivity index (χ0v) is 26.5. The highest BCUT2D eigenvalue weighted by atomic mass is 16.2. The van der Waals surface area contributed by atoms with Crippen molar-refractivity contribution in [1.29, 1.82) is 0 Å². The minimum atomic E-state index is -1.11. The van der Waals surface area contributed by atoms with Gasteiger partial charge >= 0.3 is 0 Å². The van der Waals surface area contributed by atoms with E-state index in [9.17, 15) is 28.8 Å². The van der Waals surface area contributed by atoms with E-state index in [-0.39, 0.29) is 25.3 Å². The smallest absolute Gasteiger partial charge is 0.245 e. The number of carbonyl (C=O) groups excluding carboxylic acids is 6. The molecule has 1 saturated heterocycles. The summed E-state index contributed by atoms with van der Waals surface area (Å²) in [4.78, 5) is 79.4. The number of nitrogens with two attached hydrogens (primary N) is 2. The lowest BCUT2D eigenvalue weighted by atomic mass is 10.00. The summed E-state index contributed by atoms with van der Waals surface area (Å²) in [5.74, 6) is -3.66. The summed E-state index contributed by atoms with van der Waals surface area (Å²) in [7, 11) is 0. The molecule has 0 saturated carbocycles. The Hall–Kier alpha value is -4.78. The van der Waals surface area contributed by atoms with Gasteiger partial charge < -0.3 is 37.6 Å². The van der Waals surface area contributed by atoms with Gasteiger partial charge in [0, 0.05) is 19.4 Å². The van der Waals surface area contributed by atoms with Crippen molar-refractivity contribution < 1.29 is 28.8 Å². The average molecular weight is 636 g/mol. The Morgan fingerprint density at radius 3 is 1.80 bits per heavy atom. The van der Waals surface area contributed by atoms with Gasteiger partial charge in [-0.15, -0.1) is 0 Å². The molecule has 1 aliphatic rings. The fourth-order valence-electron chi connectivity index (χ4n) is 5.39. The highest BCUT2D eigenvalue weighted by Gasteiger charge is 2.38. The largest absolute Gasteiger partial charge is 0.368 e. The second kappa shape index (κ2) is 17.1. The molecule has 5 unspecified atom stereocenters. The number of rotatable bonds is 15. The van der Waals surface area contributed by atoms with E-state index < -0.39 is 65.7 Å². The normalized spacial score (nSPS) is 16.9. The zero-order chi connectivity index (χ0) is 33.8. The van der Waals surface area contributed by atoms with Crippen LogP contribution in [0.25, 0.3) is 0 Å². The molecule has 0 bridgehead atoms. The van der Waals surface area contributed by atoms with Crippen LogP contribution in [0.5, 0.6) is 0 Å². The summed E-state index contributed by atoms with van der Waals surface area (Å²) in [5.41, 5.74) is 12.4. The van der Waals surface area contributed by atoms with Crippen LogP contribution < -0.4 is 32.7 Å². The van der Waals surface area contributed by atoms with Crippen LogP contribution >= 0.6 is 0 Å². The summed E-state index contributed by atoms with van der Waals surface area (Å²) in [6, 6.07) is 13.2. The third-order valence-electron chi connectivity index (χ3n) is 7.87. The van der Waals surface area contributed by atoms with E-state index in [1.807, 2.05) is 60.7 Å². The van der Waals surface area contributed by atoms with Crippen LogP contribution in [0.4, 0.5) is 0 Å². The summed E-state index contributed by atoms with van der Waals surface area (Å²) in [5, 5.41) is 10.8. The molecule has 2 aromatic carbocycles. The Morgan fingerprint density at radius 1 is 0.783 bits per heavy atom. The second-order valence-electron chi connectivity index (χ2n) is 11.8. The Kier molecular flexibility index (Phi) is 13.2. The number of nitrogens with one attached hydrogen (secondary N) is 4. The van der Waals surface area contributed by atoms with Crippen molar-refractivity contribution in [1.82, 2.24) is 26.2 Å². The molecule has 1 fully saturated rings. The number of likely N-dealkylation sites (tertiary alicyclic amines) is 1. The van der Waals surface area contributed by atoms with E-state index in [0.29, 0.717) is 19.4 Å². The Labute approximate surface area is 269 Å². The molecule has 8 N–H and O–H groups in total. The van der Waals surface area contributed by atoms with Gasteiger partial charge in [0.25, 0.3) is 0 Å². The van der Waals surface area contributed by atoms with Crippen molar-refractivity contribution in [3.8, 4) is 0 Å². The van der Waals surface area contributed by atoms with Crippen LogP contribution in [0, 0.1) is 5.92 Å². The minimum absolute atomic E-state index is 0.109. The molecular weight excluding hydrogens is 590 g/mol. The van der Waals surface area contributed by atoms with Crippen LogP contribution in [0.15, 0.2) is 60.7 Å². The zero-order valence-electron chi connectivity index (χ0n) is 26.5. The first-order chi connectivity index (χ1) is 21.9. The topological polar surface area (TPSA) is 206 Å². The number of hydrogen-bond acceptors (Lipinski definition) is 7. The molecule has 2 aromatic rings. The van der Waals surface area contributed by atoms with E-state index in [4.69, 9.17) is 11.5 Å². The van der Waals surface area contributed by atoms with Crippen molar-refractivity contribution in [2.24, 2.45) is 17.4 Å². The molecule has 13 nitrogen and oxygen atoms in total. The number of hydrogen-bond donors (Lipinski definition) is 6. The molecule has 248 valence electrons. The predicted octanol–water partition coefficient (Wildman–Crippen LogP) is -0.478. The molecule has 0 spiro atoms. The molecule has 0 aromatic heterocycles. The predicted molar refractivity (Wildman–Crippen MR) is 172 cm³/mol. The number of amides is 6. The van der Waals surface area contributed by atoms with Crippen molar-refractivity contribution in [3.63, 3.8) is 0 Å². The van der Waals surface area contributed by atoms with Crippen LogP contribution in [-0.2, 0) is 41.6 Å². The molecular formula is C33H45N7O6. The summed E-state index contributed by atoms with van der Waals surface area (Å²) < 4.78 is 0. The second-order valence-corrected chi connectivity index (χ2v) is 11.8. The third-order valence-corrected chi connectivity index (χ3v) is 7.87. The van der Waals surface area contributed by atoms with Crippen molar-refractivity contribution in [3.05, 3.63) is 71.8 Å². The molecule has 13 heteroatoms. The standard InChI is InChI=1S/C33H45N7O6/c1-20(2)28(29(35)42)39-31(44)25(18-23-13-8-5-9-14-23)37-30(43)24(17-22-11-6-4-7-12-22)38-32(45)26-15-10-16-40(26)33(46)21(3)36-27(41)19-34/h4-9,11-14,20-21,24-26,28H,10,15-19,34H2,1-3H3,(H2,35,42)(H,36,41)(H,37,43)(H,38,45)(H,39,44).